The fraction of sp³-hybridized carbons (Fsp3) is 0.136. The van der Waals surface area contributed by atoms with Crippen molar-refractivity contribution in [2.45, 2.75) is 6.10 Å². The Bertz CT molecular complexity index is 1450. The van der Waals surface area contributed by atoms with Gasteiger partial charge in [0, 0.05) is 35.3 Å². The van der Waals surface area contributed by atoms with Crippen molar-refractivity contribution in [3.63, 3.8) is 0 Å². The van der Waals surface area contributed by atoms with E-state index in [1.165, 1.54) is 11.6 Å². The van der Waals surface area contributed by atoms with Crippen molar-refractivity contribution in [1.82, 2.24) is 14.1 Å². The van der Waals surface area contributed by atoms with Crippen LogP contribution in [-0.2, 0) is 14.1 Å². The molecule has 144 valence electrons. The van der Waals surface area contributed by atoms with Gasteiger partial charge in [-0.3, -0.25) is 13.9 Å². The minimum atomic E-state index is -0.908. The average Bonchev–Trinajstić information content (AvgIpc) is 3.01. The second kappa shape index (κ2) is 6.23. The van der Waals surface area contributed by atoms with Crippen molar-refractivity contribution in [2.75, 3.05) is 0 Å². The third kappa shape index (κ3) is 2.41. The van der Waals surface area contributed by atoms with Gasteiger partial charge in [-0.2, -0.15) is 0 Å². The van der Waals surface area contributed by atoms with E-state index in [0.29, 0.717) is 27.9 Å². The van der Waals surface area contributed by atoms with Gasteiger partial charge < -0.3 is 5.11 Å². The molecule has 1 N–H and O–H groups in total. The van der Waals surface area contributed by atoms with Gasteiger partial charge in [0.05, 0.1) is 11.1 Å². The van der Waals surface area contributed by atoms with E-state index in [2.05, 4.69) is 15.9 Å². The van der Waals surface area contributed by atoms with Gasteiger partial charge in [-0.15, -0.1) is 0 Å². The zero-order valence-corrected chi connectivity index (χ0v) is 17.3. The summed E-state index contributed by atoms with van der Waals surface area (Å²) in [5.74, 6) is 0. The average molecular weight is 450 g/mol. The van der Waals surface area contributed by atoms with E-state index in [-0.39, 0.29) is 0 Å². The molecule has 2 aromatic carbocycles. The minimum absolute atomic E-state index is 0.302. The Balaban J connectivity index is 2.07. The van der Waals surface area contributed by atoms with Crippen LogP contribution in [0, 0.1) is 0 Å². The Labute approximate surface area is 173 Å². The number of benzene rings is 2. The molecule has 4 aromatic rings. The lowest BCUT2D eigenvalue weighted by molar-refractivity contribution is 0.225. The zero-order chi connectivity index (χ0) is 20.4. The van der Waals surface area contributed by atoms with Crippen LogP contribution in [0.4, 0.5) is 0 Å². The Morgan fingerprint density at radius 3 is 2.55 bits per heavy atom. The molecule has 1 atom stereocenters. The first-order chi connectivity index (χ1) is 13.9. The second-order valence-corrected chi connectivity index (χ2v) is 8.07. The fourth-order valence-corrected chi connectivity index (χ4v) is 4.52. The van der Waals surface area contributed by atoms with Gasteiger partial charge in [-0.25, -0.2) is 9.78 Å². The van der Waals surface area contributed by atoms with Gasteiger partial charge in [-0.05, 0) is 23.3 Å². The molecule has 0 saturated carbocycles. The van der Waals surface area contributed by atoms with Gasteiger partial charge in [0.15, 0.2) is 5.65 Å². The maximum absolute atomic E-state index is 13.2. The molecule has 1 aliphatic carbocycles. The molecule has 29 heavy (non-hydrogen) atoms. The van der Waals surface area contributed by atoms with E-state index < -0.39 is 17.4 Å². The number of aliphatic hydroxyl groups excluding tert-OH is 1. The quantitative estimate of drug-likeness (QED) is 0.484. The Morgan fingerprint density at radius 1 is 1.03 bits per heavy atom. The summed E-state index contributed by atoms with van der Waals surface area (Å²) in [5, 5.41) is 11.5. The van der Waals surface area contributed by atoms with Crippen molar-refractivity contribution in [3.05, 3.63) is 85.0 Å². The van der Waals surface area contributed by atoms with Crippen molar-refractivity contribution < 1.29 is 5.11 Å². The van der Waals surface area contributed by atoms with Crippen LogP contribution in [0.5, 0.6) is 0 Å². The van der Waals surface area contributed by atoms with Crippen LogP contribution in [0.3, 0.4) is 0 Å². The predicted octanol–water partition coefficient (Wildman–Crippen LogP) is 3.12. The van der Waals surface area contributed by atoms with E-state index >= 15 is 0 Å². The lowest BCUT2D eigenvalue weighted by Gasteiger charge is -2.17. The number of aliphatic hydroxyl groups is 1. The summed E-state index contributed by atoms with van der Waals surface area (Å²) in [7, 11) is 3.05. The zero-order valence-electron chi connectivity index (χ0n) is 15.7. The van der Waals surface area contributed by atoms with Crippen LogP contribution < -0.4 is 11.2 Å². The van der Waals surface area contributed by atoms with Crippen LogP contribution in [0.2, 0.25) is 0 Å². The minimum Gasteiger partial charge on any atom is -0.384 e. The molecule has 2 aromatic heterocycles. The van der Waals surface area contributed by atoms with Crippen molar-refractivity contribution in [2.24, 2.45) is 14.1 Å². The molecule has 0 radical (unpaired) electrons. The topological polar surface area (TPSA) is 77.1 Å². The van der Waals surface area contributed by atoms with Crippen LogP contribution in [0.25, 0.3) is 33.4 Å². The first kappa shape index (κ1) is 18.0. The molecule has 6 nitrogen and oxygen atoms in total. The lowest BCUT2D eigenvalue weighted by Crippen LogP contribution is -2.37. The van der Waals surface area contributed by atoms with E-state index in [4.69, 9.17) is 4.98 Å². The van der Waals surface area contributed by atoms with Crippen molar-refractivity contribution in [1.29, 1.82) is 0 Å². The highest BCUT2D eigenvalue weighted by Gasteiger charge is 2.34. The van der Waals surface area contributed by atoms with E-state index in [0.717, 1.165) is 25.7 Å². The molecule has 2 heterocycles. The summed E-state index contributed by atoms with van der Waals surface area (Å²) in [4.78, 5) is 30.4. The molecule has 5 rings (SSSR count). The molecule has 0 aliphatic heterocycles. The SMILES string of the molecule is Cn1c(=O)c2c(-c3cccc(Br)c3)c3c(nc2n(C)c1=O)-c1ccccc1[C@H]3O. The van der Waals surface area contributed by atoms with Crippen LogP contribution in [0.1, 0.15) is 17.2 Å². The summed E-state index contributed by atoms with van der Waals surface area (Å²) in [6, 6.07) is 15.1. The van der Waals surface area contributed by atoms with E-state index in [9.17, 15) is 14.7 Å². The fourth-order valence-electron chi connectivity index (χ4n) is 4.12. The monoisotopic (exact) mass is 449 g/mol. The normalized spacial score (nSPS) is 14.8. The molecule has 0 bridgehead atoms. The van der Waals surface area contributed by atoms with Crippen molar-refractivity contribution >= 4 is 27.0 Å². The number of fused-ring (bicyclic) bond motifs is 4. The molecular formula is C22H16BrN3O3. The van der Waals surface area contributed by atoms with E-state index in [1.54, 1.807) is 7.05 Å². The highest BCUT2D eigenvalue weighted by Crippen LogP contribution is 2.48. The van der Waals surface area contributed by atoms with Gasteiger partial charge in [0.25, 0.3) is 5.56 Å². The third-order valence-electron chi connectivity index (χ3n) is 5.52. The van der Waals surface area contributed by atoms with Gasteiger partial charge in [-0.1, -0.05) is 52.3 Å². The van der Waals surface area contributed by atoms with Crippen LogP contribution in [0.15, 0.2) is 62.6 Å². The number of hydrogen-bond acceptors (Lipinski definition) is 4. The van der Waals surface area contributed by atoms with Crippen molar-refractivity contribution in [3.8, 4) is 22.4 Å². The number of nitrogens with zero attached hydrogens (tertiary/aromatic N) is 3. The lowest BCUT2D eigenvalue weighted by atomic mass is 9.94. The third-order valence-corrected chi connectivity index (χ3v) is 6.02. The number of rotatable bonds is 1. The number of pyridine rings is 1. The molecule has 0 fully saturated rings. The number of hydrogen-bond donors (Lipinski definition) is 1. The first-order valence-corrected chi connectivity index (χ1v) is 9.86. The first-order valence-electron chi connectivity index (χ1n) is 9.07. The van der Waals surface area contributed by atoms with E-state index in [1.807, 2.05) is 48.5 Å². The van der Waals surface area contributed by atoms with Gasteiger partial charge in [0.1, 0.15) is 6.10 Å². The summed E-state index contributed by atoms with van der Waals surface area (Å²) >= 11 is 3.49. The predicted molar refractivity (Wildman–Crippen MR) is 115 cm³/mol. The molecule has 0 amide bonds. The number of halogens is 1. The summed E-state index contributed by atoms with van der Waals surface area (Å²) < 4.78 is 3.30. The highest BCUT2D eigenvalue weighted by molar-refractivity contribution is 9.10. The molecule has 0 unspecified atom stereocenters. The summed E-state index contributed by atoms with van der Waals surface area (Å²) in [5.41, 5.74) is 3.53. The Morgan fingerprint density at radius 2 is 1.79 bits per heavy atom. The van der Waals surface area contributed by atoms with Gasteiger partial charge in [0.2, 0.25) is 0 Å². The maximum atomic E-state index is 13.2. The smallest absolute Gasteiger partial charge is 0.332 e. The largest absolute Gasteiger partial charge is 0.384 e. The Kier molecular flexibility index (Phi) is 3.88. The molecular weight excluding hydrogens is 434 g/mol. The van der Waals surface area contributed by atoms with Crippen LogP contribution >= 0.6 is 15.9 Å². The highest BCUT2D eigenvalue weighted by atomic mass is 79.9. The molecule has 0 saturated heterocycles. The molecule has 0 spiro atoms. The number of aromatic nitrogens is 3. The summed E-state index contributed by atoms with van der Waals surface area (Å²) in [6.07, 6.45) is -0.908. The summed E-state index contributed by atoms with van der Waals surface area (Å²) in [6.45, 7) is 0. The standard InChI is InChI=1S/C22H16BrN3O3/c1-25-20-17(21(28)26(2)22(25)29)15(11-6-5-7-12(23)10-11)16-18(24-20)13-8-3-4-9-14(13)19(16)27/h3-10,19,27H,1-2H3/t19-/m1/s1. The Hall–Kier alpha value is -3.03. The molecule has 1 aliphatic rings. The number of aryl methyl sites for hydroxylation is 1. The van der Waals surface area contributed by atoms with Gasteiger partial charge >= 0.3 is 5.69 Å². The second-order valence-electron chi connectivity index (χ2n) is 7.15. The van der Waals surface area contributed by atoms with Crippen LogP contribution in [-0.4, -0.2) is 19.2 Å². The maximum Gasteiger partial charge on any atom is 0.332 e. The molecule has 7 heteroatoms.